The predicted octanol–water partition coefficient (Wildman–Crippen LogP) is 2.68. The van der Waals surface area contributed by atoms with Crippen LogP contribution in [-0.4, -0.2) is 31.6 Å². The Kier molecular flexibility index (Phi) is 4.13. The molecule has 3 nitrogen and oxygen atoms in total. The fourth-order valence-corrected chi connectivity index (χ4v) is 2.55. The molecule has 94 valence electrons. The van der Waals surface area contributed by atoms with Crippen molar-refractivity contribution in [3.05, 3.63) is 23.2 Å². The Morgan fingerprint density at radius 3 is 3.12 bits per heavy atom. The van der Waals surface area contributed by atoms with Crippen molar-refractivity contribution in [2.24, 2.45) is 5.92 Å². The molecule has 0 amide bonds. The van der Waals surface area contributed by atoms with Crippen molar-refractivity contribution in [2.75, 3.05) is 37.7 Å². The third kappa shape index (κ3) is 3.51. The fourth-order valence-electron chi connectivity index (χ4n) is 2.38. The molecule has 0 aliphatic carbocycles. The van der Waals surface area contributed by atoms with E-state index in [-0.39, 0.29) is 0 Å². The van der Waals surface area contributed by atoms with Gasteiger partial charge in [-0.2, -0.15) is 0 Å². The monoisotopic (exact) mass is 253 g/mol. The molecule has 1 saturated heterocycles. The zero-order valence-corrected chi connectivity index (χ0v) is 11.0. The smallest absolute Gasteiger partial charge is 0.0588 e. The summed E-state index contributed by atoms with van der Waals surface area (Å²) in [6, 6.07) is 5.55. The first-order valence-electron chi connectivity index (χ1n) is 6.12. The van der Waals surface area contributed by atoms with Crippen LogP contribution in [-0.2, 0) is 0 Å². The highest BCUT2D eigenvalue weighted by Crippen LogP contribution is 2.24. The Balaban J connectivity index is 1.90. The summed E-state index contributed by atoms with van der Waals surface area (Å²) in [6.07, 6.45) is 2.58. The summed E-state index contributed by atoms with van der Waals surface area (Å²) < 4.78 is 0. The first-order chi connectivity index (χ1) is 8.15. The second-order valence-corrected chi connectivity index (χ2v) is 5.32. The molecule has 17 heavy (non-hydrogen) atoms. The molecule has 1 aliphatic heterocycles. The number of piperidine rings is 1. The fraction of sp³-hybridized carbons (Fsp3) is 0.538. The van der Waals surface area contributed by atoms with Gasteiger partial charge in [-0.15, -0.1) is 0 Å². The Morgan fingerprint density at radius 1 is 1.53 bits per heavy atom. The van der Waals surface area contributed by atoms with E-state index in [1.165, 1.54) is 19.4 Å². The topological polar surface area (TPSA) is 41.3 Å². The van der Waals surface area contributed by atoms with Crippen LogP contribution >= 0.6 is 11.6 Å². The lowest BCUT2D eigenvalue weighted by atomic mass is 9.98. The van der Waals surface area contributed by atoms with Crippen molar-refractivity contribution >= 4 is 23.0 Å². The number of hydrogen-bond acceptors (Lipinski definition) is 3. The van der Waals surface area contributed by atoms with Crippen LogP contribution in [0.25, 0.3) is 0 Å². The zero-order valence-electron chi connectivity index (χ0n) is 10.2. The van der Waals surface area contributed by atoms with Gasteiger partial charge in [0, 0.05) is 18.1 Å². The van der Waals surface area contributed by atoms with E-state index in [4.69, 9.17) is 17.3 Å². The predicted molar refractivity (Wildman–Crippen MR) is 74.6 cm³/mol. The van der Waals surface area contributed by atoms with E-state index in [1.807, 2.05) is 18.2 Å². The first-order valence-corrected chi connectivity index (χ1v) is 6.50. The maximum atomic E-state index is 5.96. The molecule has 1 aromatic carbocycles. The molecule has 4 heteroatoms. The summed E-state index contributed by atoms with van der Waals surface area (Å²) in [4.78, 5) is 2.39. The Hall–Kier alpha value is -0.930. The van der Waals surface area contributed by atoms with Crippen molar-refractivity contribution in [1.82, 2.24) is 4.90 Å². The largest absolute Gasteiger partial charge is 0.397 e. The van der Waals surface area contributed by atoms with E-state index in [9.17, 15) is 0 Å². The number of benzene rings is 1. The van der Waals surface area contributed by atoms with Gasteiger partial charge in [0.25, 0.3) is 0 Å². The molecule has 1 fully saturated rings. The van der Waals surface area contributed by atoms with Crippen LogP contribution in [0.1, 0.15) is 12.8 Å². The van der Waals surface area contributed by atoms with Crippen molar-refractivity contribution < 1.29 is 0 Å². The average Bonchev–Trinajstić information content (AvgIpc) is 2.30. The van der Waals surface area contributed by atoms with E-state index < -0.39 is 0 Å². The minimum absolute atomic E-state index is 0.701. The van der Waals surface area contributed by atoms with E-state index in [1.54, 1.807) is 0 Å². The highest BCUT2D eigenvalue weighted by molar-refractivity contribution is 6.31. The minimum Gasteiger partial charge on any atom is -0.397 e. The second kappa shape index (κ2) is 5.61. The van der Waals surface area contributed by atoms with Crippen molar-refractivity contribution in [1.29, 1.82) is 0 Å². The molecule has 0 bridgehead atoms. The van der Waals surface area contributed by atoms with Gasteiger partial charge >= 0.3 is 0 Å². The molecule has 0 aromatic heterocycles. The lowest BCUT2D eigenvalue weighted by Gasteiger charge is -2.30. The molecule has 1 aromatic rings. The summed E-state index contributed by atoms with van der Waals surface area (Å²) in [7, 11) is 2.18. The molecule has 0 spiro atoms. The van der Waals surface area contributed by atoms with Gasteiger partial charge in [0.15, 0.2) is 0 Å². The Morgan fingerprint density at radius 2 is 2.35 bits per heavy atom. The van der Waals surface area contributed by atoms with Crippen LogP contribution in [0.15, 0.2) is 18.2 Å². The molecule has 3 N–H and O–H groups in total. The molecule has 0 radical (unpaired) electrons. The lowest BCUT2D eigenvalue weighted by Crippen LogP contribution is -2.35. The maximum absolute atomic E-state index is 5.96. The lowest BCUT2D eigenvalue weighted by molar-refractivity contribution is 0.217. The van der Waals surface area contributed by atoms with Crippen molar-refractivity contribution in [3.63, 3.8) is 0 Å². The highest BCUT2D eigenvalue weighted by Gasteiger charge is 2.16. The number of nitrogens with one attached hydrogen (secondary N) is 1. The van der Waals surface area contributed by atoms with Crippen LogP contribution in [0.4, 0.5) is 11.4 Å². The average molecular weight is 254 g/mol. The van der Waals surface area contributed by atoms with Crippen LogP contribution in [0.5, 0.6) is 0 Å². The van der Waals surface area contributed by atoms with Crippen molar-refractivity contribution in [2.45, 2.75) is 12.8 Å². The number of anilines is 2. The van der Waals surface area contributed by atoms with Gasteiger partial charge in [0.1, 0.15) is 0 Å². The third-order valence-electron chi connectivity index (χ3n) is 3.32. The Labute approximate surface area is 108 Å². The van der Waals surface area contributed by atoms with Gasteiger partial charge < -0.3 is 16.0 Å². The number of nitrogens with zero attached hydrogens (tertiary/aromatic N) is 1. The summed E-state index contributed by atoms with van der Waals surface area (Å²) in [5.41, 5.74) is 7.61. The standard InChI is InChI=1S/C13H20ClN3/c1-17-6-2-3-10(9-17)8-16-13-7-11(14)4-5-12(13)15/h4-5,7,10,16H,2-3,6,8-9,15H2,1H3. The second-order valence-electron chi connectivity index (χ2n) is 4.88. The van der Waals surface area contributed by atoms with Crippen molar-refractivity contribution in [3.8, 4) is 0 Å². The number of nitrogen functional groups attached to an aromatic ring is 1. The number of rotatable bonds is 3. The number of likely N-dealkylation sites (tertiary alicyclic amines) is 1. The maximum Gasteiger partial charge on any atom is 0.0588 e. The van der Waals surface area contributed by atoms with E-state index in [2.05, 4.69) is 17.3 Å². The van der Waals surface area contributed by atoms with Crippen LogP contribution in [0.3, 0.4) is 0 Å². The molecule has 1 aliphatic rings. The molecule has 1 unspecified atom stereocenters. The molecule has 1 heterocycles. The summed E-state index contributed by atoms with van der Waals surface area (Å²) in [5.74, 6) is 0.701. The zero-order chi connectivity index (χ0) is 12.3. The van der Waals surface area contributed by atoms with Gasteiger partial charge in [-0.1, -0.05) is 11.6 Å². The molecule has 2 rings (SSSR count). The quantitative estimate of drug-likeness (QED) is 0.814. The number of halogens is 1. The summed E-state index contributed by atoms with van der Waals surface area (Å²) in [5, 5.41) is 4.13. The molecular formula is C13H20ClN3. The minimum atomic E-state index is 0.701. The van der Waals surface area contributed by atoms with Gasteiger partial charge in [0.05, 0.1) is 11.4 Å². The number of nitrogens with two attached hydrogens (primary N) is 1. The van der Waals surface area contributed by atoms with E-state index >= 15 is 0 Å². The van der Waals surface area contributed by atoms with Gasteiger partial charge in [0.2, 0.25) is 0 Å². The van der Waals surface area contributed by atoms with E-state index in [0.29, 0.717) is 5.92 Å². The van der Waals surface area contributed by atoms with Gasteiger partial charge in [-0.3, -0.25) is 0 Å². The Bertz CT molecular complexity index is 381. The molecule has 0 saturated carbocycles. The van der Waals surface area contributed by atoms with Crippen LogP contribution in [0.2, 0.25) is 5.02 Å². The summed E-state index contributed by atoms with van der Waals surface area (Å²) in [6.45, 7) is 3.35. The van der Waals surface area contributed by atoms with Gasteiger partial charge in [-0.05, 0) is 50.6 Å². The number of hydrogen-bond donors (Lipinski definition) is 2. The summed E-state index contributed by atoms with van der Waals surface area (Å²) >= 11 is 5.96. The SMILES string of the molecule is CN1CCCC(CNc2cc(Cl)ccc2N)C1. The first kappa shape index (κ1) is 12.5. The van der Waals surface area contributed by atoms with E-state index in [0.717, 1.165) is 29.5 Å². The molecular weight excluding hydrogens is 234 g/mol. The normalized spacial score (nSPS) is 21.4. The van der Waals surface area contributed by atoms with Gasteiger partial charge in [-0.25, -0.2) is 0 Å². The molecule has 1 atom stereocenters. The highest BCUT2D eigenvalue weighted by atomic mass is 35.5. The van der Waals surface area contributed by atoms with Crippen LogP contribution in [0, 0.1) is 5.92 Å². The third-order valence-corrected chi connectivity index (χ3v) is 3.55. The van der Waals surface area contributed by atoms with Crippen LogP contribution < -0.4 is 11.1 Å².